The van der Waals surface area contributed by atoms with Gasteiger partial charge in [-0.25, -0.2) is 4.39 Å². The predicted octanol–water partition coefficient (Wildman–Crippen LogP) is 2.07. The fourth-order valence-corrected chi connectivity index (χ4v) is 4.54. The highest BCUT2D eigenvalue weighted by atomic mass is 79.9. The van der Waals surface area contributed by atoms with Gasteiger partial charge in [-0.2, -0.15) is 0 Å². The van der Waals surface area contributed by atoms with Crippen molar-refractivity contribution in [2.45, 2.75) is 12.5 Å². The number of carbonyl (C=O) groups is 3. The molecule has 0 spiro atoms. The van der Waals surface area contributed by atoms with Crippen molar-refractivity contribution in [2.24, 2.45) is 0 Å². The van der Waals surface area contributed by atoms with Gasteiger partial charge in [0.15, 0.2) is 0 Å². The molecule has 0 aliphatic carbocycles. The highest BCUT2D eigenvalue weighted by molar-refractivity contribution is 9.10. The Kier molecular flexibility index (Phi) is 7.79. The summed E-state index contributed by atoms with van der Waals surface area (Å²) in [4.78, 5) is 43.7. The topological polar surface area (TPSA) is 85.0 Å². The number of anilines is 2. The largest absolute Gasteiger partial charge is 0.367 e. The highest BCUT2D eigenvalue weighted by Gasteiger charge is 2.35. The van der Waals surface area contributed by atoms with Crippen molar-refractivity contribution < 1.29 is 18.8 Å². The summed E-state index contributed by atoms with van der Waals surface area (Å²) in [5, 5.41) is 5.53. The molecule has 2 aromatic carbocycles. The first-order chi connectivity index (χ1) is 16.4. The summed E-state index contributed by atoms with van der Waals surface area (Å²) in [5.74, 6) is -1.10. The van der Waals surface area contributed by atoms with Gasteiger partial charge in [0, 0.05) is 49.4 Å². The molecule has 2 heterocycles. The number of benzene rings is 2. The molecule has 1 atom stereocenters. The summed E-state index contributed by atoms with van der Waals surface area (Å²) < 4.78 is 15.0. The monoisotopic (exact) mass is 531 g/mol. The Morgan fingerprint density at radius 3 is 2.44 bits per heavy atom. The molecule has 180 valence electrons. The molecule has 4 rings (SSSR count). The lowest BCUT2D eigenvalue weighted by molar-refractivity contribution is -0.145. The van der Waals surface area contributed by atoms with Gasteiger partial charge in [0.25, 0.3) is 0 Å². The molecule has 2 fully saturated rings. The van der Waals surface area contributed by atoms with Gasteiger partial charge >= 0.3 is 0 Å². The second kappa shape index (κ2) is 11.0. The van der Waals surface area contributed by atoms with E-state index in [2.05, 4.69) is 26.6 Å². The minimum Gasteiger partial charge on any atom is -0.367 e. The average molecular weight is 532 g/mol. The van der Waals surface area contributed by atoms with Crippen molar-refractivity contribution in [1.82, 2.24) is 15.1 Å². The average Bonchev–Trinajstić information content (AvgIpc) is 2.83. The quantitative estimate of drug-likeness (QED) is 0.596. The van der Waals surface area contributed by atoms with Crippen molar-refractivity contribution in [3.05, 3.63) is 58.8 Å². The number of piperazine rings is 2. The number of nitrogens with one attached hydrogen (secondary N) is 2. The van der Waals surface area contributed by atoms with Crippen LogP contribution in [0.1, 0.15) is 6.42 Å². The Morgan fingerprint density at radius 1 is 1.03 bits per heavy atom. The Balaban J connectivity index is 1.32. The number of rotatable bonds is 6. The summed E-state index contributed by atoms with van der Waals surface area (Å²) in [7, 11) is 0. The van der Waals surface area contributed by atoms with Crippen LogP contribution in [-0.2, 0) is 14.4 Å². The van der Waals surface area contributed by atoms with Gasteiger partial charge in [0.05, 0.1) is 18.7 Å². The molecule has 0 unspecified atom stereocenters. The minimum atomic E-state index is -0.851. The lowest BCUT2D eigenvalue weighted by Gasteiger charge is -2.39. The van der Waals surface area contributed by atoms with Crippen molar-refractivity contribution >= 4 is 45.0 Å². The van der Waals surface area contributed by atoms with Crippen LogP contribution in [-0.4, -0.2) is 79.4 Å². The summed E-state index contributed by atoms with van der Waals surface area (Å²) in [6, 6.07) is 13.0. The third-order valence-electron chi connectivity index (χ3n) is 6.08. The van der Waals surface area contributed by atoms with E-state index in [-0.39, 0.29) is 36.5 Å². The van der Waals surface area contributed by atoms with E-state index in [1.54, 1.807) is 24.3 Å². The molecule has 2 N–H and O–H groups in total. The van der Waals surface area contributed by atoms with Crippen molar-refractivity contribution in [2.75, 3.05) is 56.0 Å². The second-order valence-corrected chi connectivity index (χ2v) is 9.28. The molecule has 0 bridgehead atoms. The fourth-order valence-electron chi connectivity index (χ4n) is 4.27. The molecule has 0 aromatic heterocycles. The number of halogens is 2. The third kappa shape index (κ3) is 5.92. The predicted molar refractivity (Wildman–Crippen MR) is 131 cm³/mol. The molecule has 0 saturated carbocycles. The maximum atomic E-state index is 14.1. The van der Waals surface area contributed by atoms with E-state index in [9.17, 15) is 18.8 Å². The number of nitrogens with zero attached hydrogens (tertiary/aromatic N) is 3. The van der Waals surface area contributed by atoms with E-state index in [4.69, 9.17) is 0 Å². The molecular weight excluding hydrogens is 505 g/mol. The van der Waals surface area contributed by atoms with Crippen LogP contribution < -0.4 is 15.5 Å². The molecule has 2 saturated heterocycles. The van der Waals surface area contributed by atoms with E-state index >= 15 is 0 Å². The molecule has 34 heavy (non-hydrogen) atoms. The first-order valence-electron chi connectivity index (χ1n) is 11.2. The summed E-state index contributed by atoms with van der Waals surface area (Å²) in [5.41, 5.74) is 1.19. The SMILES string of the molecule is O=C(C[C@@H]1C(=O)NCCN1C(=O)CN1CCN(c2ccccc2F)CC1)Nc1ccc(Br)cc1. The van der Waals surface area contributed by atoms with Crippen LogP contribution in [0.5, 0.6) is 0 Å². The molecular formula is C24H27BrFN5O3. The number of amides is 3. The van der Waals surface area contributed by atoms with Gasteiger partial charge in [-0.3, -0.25) is 19.3 Å². The van der Waals surface area contributed by atoms with Crippen LogP contribution in [0.25, 0.3) is 0 Å². The number of carbonyl (C=O) groups excluding carboxylic acids is 3. The van der Waals surface area contributed by atoms with E-state index in [1.165, 1.54) is 11.0 Å². The molecule has 2 aliphatic rings. The number of hydrogen-bond donors (Lipinski definition) is 2. The molecule has 2 aliphatic heterocycles. The van der Waals surface area contributed by atoms with Crippen LogP contribution in [0.15, 0.2) is 53.0 Å². The first kappa shape index (κ1) is 24.2. The summed E-state index contributed by atoms with van der Waals surface area (Å²) in [6.07, 6.45) is -0.116. The van der Waals surface area contributed by atoms with Crippen molar-refractivity contribution in [3.8, 4) is 0 Å². The Hall–Kier alpha value is -2.98. The third-order valence-corrected chi connectivity index (χ3v) is 6.61. The molecule has 2 aromatic rings. The van der Waals surface area contributed by atoms with Gasteiger partial charge in [0.2, 0.25) is 17.7 Å². The zero-order chi connectivity index (χ0) is 24.1. The molecule has 3 amide bonds. The van der Waals surface area contributed by atoms with Crippen LogP contribution in [0.4, 0.5) is 15.8 Å². The smallest absolute Gasteiger partial charge is 0.243 e. The lowest BCUT2D eigenvalue weighted by Crippen LogP contribution is -2.60. The molecule has 10 heteroatoms. The first-order valence-corrected chi connectivity index (χ1v) is 12.0. The summed E-state index contributed by atoms with van der Waals surface area (Å²) in [6.45, 7) is 3.29. The van der Waals surface area contributed by atoms with E-state index in [0.29, 0.717) is 50.6 Å². The maximum absolute atomic E-state index is 14.1. The normalized spacial score (nSPS) is 19.0. The van der Waals surface area contributed by atoms with Crippen LogP contribution in [0.2, 0.25) is 0 Å². The van der Waals surface area contributed by atoms with Crippen molar-refractivity contribution in [3.63, 3.8) is 0 Å². The Labute approximate surface area is 206 Å². The lowest BCUT2D eigenvalue weighted by atomic mass is 10.1. The van der Waals surface area contributed by atoms with Gasteiger partial charge in [-0.15, -0.1) is 0 Å². The van der Waals surface area contributed by atoms with Gasteiger partial charge in [-0.1, -0.05) is 28.1 Å². The zero-order valence-electron chi connectivity index (χ0n) is 18.7. The van der Waals surface area contributed by atoms with Gasteiger partial charge < -0.3 is 20.4 Å². The number of hydrogen-bond acceptors (Lipinski definition) is 5. The van der Waals surface area contributed by atoms with E-state index in [0.717, 1.165) is 4.47 Å². The molecule has 8 nitrogen and oxygen atoms in total. The van der Waals surface area contributed by atoms with Crippen molar-refractivity contribution in [1.29, 1.82) is 0 Å². The van der Waals surface area contributed by atoms with E-state index in [1.807, 2.05) is 28.0 Å². The van der Waals surface area contributed by atoms with E-state index < -0.39 is 6.04 Å². The molecule has 0 radical (unpaired) electrons. The minimum absolute atomic E-state index is 0.116. The van der Waals surface area contributed by atoms with Crippen LogP contribution in [0, 0.1) is 5.82 Å². The van der Waals surface area contributed by atoms with Crippen LogP contribution in [0.3, 0.4) is 0 Å². The Morgan fingerprint density at radius 2 is 1.74 bits per heavy atom. The number of para-hydroxylation sites is 1. The second-order valence-electron chi connectivity index (χ2n) is 8.37. The Bertz CT molecular complexity index is 1040. The highest BCUT2D eigenvalue weighted by Crippen LogP contribution is 2.21. The van der Waals surface area contributed by atoms with Gasteiger partial charge in [0.1, 0.15) is 11.9 Å². The summed E-state index contributed by atoms with van der Waals surface area (Å²) >= 11 is 3.35. The zero-order valence-corrected chi connectivity index (χ0v) is 20.3. The van der Waals surface area contributed by atoms with Crippen LogP contribution >= 0.6 is 15.9 Å². The van der Waals surface area contributed by atoms with Gasteiger partial charge in [-0.05, 0) is 36.4 Å². The maximum Gasteiger partial charge on any atom is 0.243 e. The fraction of sp³-hybridized carbons (Fsp3) is 0.375. The standard InChI is InChI=1S/C24H27BrFN5O3/c25-17-5-7-18(8-6-17)28-22(32)15-21-24(34)27-9-10-31(21)23(33)16-29-11-13-30(14-12-29)20-4-2-1-3-19(20)26/h1-8,21H,9-16H2,(H,27,34)(H,28,32)/t21-/m1/s1.